The quantitative estimate of drug-likeness (QED) is 0.479. The largest absolute Gasteiger partial charge is 0.399 e. The van der Waals surface area contributed by atoms with Crippen molar-refractivity contribution in [2.75, 3.05) is 7.05 Å². The van der Waals surface area contributed by atoms with Gasteiger partial charge in [0.05, 0.1) is 0 Å². The van der Waals surface area contributed by atoms with Crippen molar-refractivity contribution in [2.45, 2.75) is 74.8 Å². The molecule has 0 saturated heterocycles. The lowest BCUT2D eigenvalue weighted by molar-refractivity contribution is 0.668. The van der Waals surface area contributed by atoms with E-state index in [1.165, 1.54) is 12.0 Å². The lowest BCUT2D eigenvalue weighted by atomic mass is 10.1. The highest BCUT2D eigenvalue weighted by molar-refractivity contribution is 5.39. The number of allylic oxidation sites excluding steroid dienone is 3. The van der Waals surface area contributed by atoms with Crippen molar-refractivity contribution in [3.63, 3.8) is 0 Å². The smallest absolute Gasteiger partial charge is 0.0343 e. The zero-order chi connectivity index (χ0) is 19.1. The van der Waals surface area contributed by atoms with Gasteiger partial charge in [-0.2, -0.15) is 0 Å². The van der Waals surface area contributed by atoms with Crippen LogP contribution in [0.25, 0.3) is 0 Å². The van der Waals surface area contributed by atoms with Crippen molar-refractivity contribution in [1.29, 1.82) is 0 Å². The molecule has 0 aromatic rings. The van der Waals surface area contributed by atoms with E-state index in [0.29, 0.717) is 6.04 Å². The van der Waals surface area contributed by atoms with Crippen molar-refractivity contribution < 1.29 is 0 Å². The normalized spacial score (nSPS) is 8.41. The summed E-state index contributed by atoms with van der Waals surface area (Å²) in [6.07, 6.45) is 4.91. The molecule has 22 heavy (non-hydrogen) atoms. The van der Waals surface area contributed by atoms with E-state index in [1.807, 2.05) is 47.7 Å². The molecule has 0 aliphatic carbocycles. The molecule has 0 unspecified atom stereocenters. The summed E-state index contributed by atoms with van der Waals surface area (Å²) >= 11 is 0. The minimum Gasteiger partial charge on any atom is -0.399 e. The third-order valence-electron chi connectivity index (χ3n) is 1.94. The average Bonchev–Trinajstić information content (AvgIpc) is 2.52. The average molecular weight is 313 g/mol. The van der Waals surface area contributed by atoms with Crippen LogP contribution in [-0.4, -0.2) is 13.1 Å². The van der Waals surface area contributed by atoms with Gasteiger partial charge in [-0.3, -0.25) is 0 Å². The van der Waals surface area contributed by atoms with Gasteiger partial charge in [-0.25, -0.2) is 0 Å². The van der Waals surface area contributed by atoms with Crippen molar-refractivity contribution in [1.82, 2.24) is 5.32 Å². The molecular formula is C20H44N2. The molecule has 0 bridgehead atoms. The molecule has 0 aromatic heterocycles. The second-order valence-electron chi connectivity index (χ2n) is 4.51. The molecule has 0 aromatic carbocycles. The Balaban J connectivity index is -0.0000000675. The van der Waals surface area contributed by atoms with Crippen molar-refractivity contribution in [3.8, 4) is 0 Å². The van der Waals surface area contributed by atoms with Gasteiger partial charge in [-0.05, 0) is 33.4 Å². The van der Waals surface area contributed by atoms with Gasteiger partial charge < -0.3 is 11.1 Å². The Morgan fingerprint density at radius 2 is 1.41 bits per heavy atom. The van der Waals surface area contributed by atoms with E-state index >= 15 is 0 Å². The molecule has 0 atom stereocenters. The highest BCUT2D eigenvalue weighted by atomic mass is 14.8. The fraction of sp³-hybridized carbons (Fsp3) is 0.600. The molecule has 0 radical (unpaired) electrons. The fourth-order valence-electron chi connectivity index (χ4n) is 0.766. The van der Waals surface area contributed by atoms with E-state index in [1.54, 1.807) is 6.08 Å². The van der Waals surface area contributed by atoms with Crippen LogP contribution >= 0.6 is 0 Å². The van der Waals surface area contributed by atoms with Gasteiger partial charge in [0.25, 0.3) is 0 Å². The first kappa shape index (κ1) is 32.6. The van der Waals surface area contributed by atoms with E-state index in [2.05, 4.69) is 52.7 Å². The topological polar surface area (TPSA) is 38.0 Å². The van der Waals surface area contributed by atoms with Crippen LogP contribution in [0.5, 0.6) is 0 Å². The van der Waals surface area contributed by atoms with Crippen LogP contribution in [0.15, 0.2) is 48.7 Å². The third kappa shape index (κ3) is 36.3. The Hall–Kier alpha value is -1.28. The third-order valence-corrected chi connectivity index (χ3v) is 1.94. The van der Waals surface area contributed by atoms with Gasteiger partial charge in [0.2, 0.25) is 0 Å². The van der Waals surface area contributed by atoms with Crippen LogP contribution < -0.4 is 11.1 Å². The summed E-state index contributed by atoms with van der Waals surface area (Å²) in [7, 11) is 1.95. The second-order valence-corrected chi connectivity index (χ2v) is 4.51. The predicted octanol–water partition coefficient (Wildman–Crippen LogP) is 6.23. The maximum atomic E-state index is 5.66. The molecule has 3 N–H and O–H groups in total. The van der Waals surface area contributed by atoms with E-state index in [-0.39, 0.29) is 0 Å². The Kier molecular flexibility index (Phi) is 47.3. The van der Waals surface area contributed by atoms with Crippen LogP contribution in [0, 0.1) is 0 Å². The van der Waals surface area contributed by atoms with Crippen LogP contribution in [0.3, 0.4) is 0 Å². The van der Waals surface area contributed by atoms with Gasteiger partial charge in [-0.1, -0.05) is 72.3 Å². The summed E-state index contributed by atoms with van der Waals surface area (Å²) in [5, 5.41) is 3.03. The summed E-state index contributed by atoms with van der Waals surface area (Å²) in [6, 6.07) is 0.634. The van der Waals surface area contributed by atoms with Crippen molar-refractivity contribution in [2.24, 2.45) is 5.73 Å². The van der Waals surface area contributed by atoms with E-state index in [0.717, 1.165) is 11.3 Å². The van der Waals surface area contributed by atoms with Gasteiger partial charge in [0.1, 0.15) is 0 Å². The Morgan fingerprint density at radius 1 is 1.14 bits per heavy atom. The van der Waals surface area contributed by atoms with Crippen LogP contribution in [-0.2, 0) is 0 Å². The van der Waals surface area contributed by atoms with Gasteiger partial charge in [0, 0.05) is 11.7 Å². The summed E-state index contributed by atoms with van der Waals surface area (Å²) < 4.78 is 0. The molecule has 0 aliphatic heterocycles. The number of hydrogen-bond donors (Lipinski definition) is 2. The van der Waals surface area contributed by atoms with Crippen LogP contribution in [0.2, 0.25) is 0 Å². The van der Waals surface area contributed by atoms with Gasteiger partial charge >= 0.3 is 0 Å². The molecule has 134 valence electrons. The standard InChI is InChI=1S/C9H15N.C4H11N.C3H8.C2H6.C2H4/c1-5-8(7(3)4)9(10)6-2;1-4(2)5-3;1-3-2;2*1-2/h5-6H,1,10H2,2-4H3;4-5H,1-3H3;3H2,1-2H3;1-2H3;1-2H2/b9-6+;;;;. The van der Waals surface area contributed by atoms with E-state index in [9.17, 15) is 0 Å². The fourth-order valence-corrected chi connectivity index (χ4v) is 0.766. The highest BCUT2D eigenvalue weighted by Crippen LogP contribution is 2.10. The first-order valence-electron chi connectivity index (χ1n) is 8.21. The summed E-state index contributed by atoms with van der Waals surface area (Å²) in [5.74, 6) is 0. The molecule has 0 saturated carbocycles. The molecule has 0 spiro atoms. The molecule has 0 aliphatic rings. The maximum absolute atomic E-state index is 5.66. The lowest BCUT2D eigenvalue weighted by Crippen LogP contribution is -2.15. The summed E-state index contributed by atoms with van der Waals surface area (Å²) in [4.78, 5) is 0. The molecule has 2 heteroatoms. The molecule has 0 heterocycles. The number of hydrogen-bond acceptors (Lipinski definition) is 2. The zero-order valence-electron chi connectivity index (χ0n) is 17.1. The number of nitrogens with one attached hydrogen (secondary N) is 1. The Morgan fingerprint density at radius 3 is 1.45 bits per heavy atom. The van der Waals surface area contributed by atoms with Gasteiger partial charge in [0.15, 0.2) is 0 Å². The molecule has 0 rings (SSSR count). The van der Waals surface area contributed by atoms with Crippen LogP contribution in [0.4, 0.5) is 0 Å². The lowest BCUT2D eigenvalue weighted by Gasteiger charge is -2.02. The highest BCUT2D eigenvalue weighted by Gasteiger charge is 1.94. The molecule has 0 amide bonds. The van der Waals surface area contributed by atoms with Gasteiger partial charge in [-0.15, -0.1) is 13.2 Å². The Bertz CT molecular complexity index is 257. The Labute approximate surface area is 142 Å². The predicted molar refractivity (Wildman–Crippen MR) is 109 cm³/mol. The molecule has 0 fully saturated rings. The first-order valence-corrected chi connectivity index (χ1v) is 8.21. The minimum absolute atomic E-state index is 0.634. The van der Waals surface area contributed by atoms with Crippen molar-refractivity contribution >= 4 is 0 Å². The number of nitrogens with two attached hydrogens (primary N) is 1. The van der Waals surface area contributed by atoms with E-state index < -0.39 is 0 Å². The minimum atomic E-state index is 0.634. The first-order chi connectivity index (χ1) is 10.3. The number of rotatable bonds is 3. The maximum Gasteiger partial charge on any atom is 0.0343 e. The monoisotopic (exact) mass is 312 g/mol. The summed E-state index contributed by atoms with van der Waals surface area (Å²) in [5.41, 5.74) is 8.71. The van der Waals surface area contributed by atoms with E-state index in [4.69, 9.17) is 5.73 Å². The van der Waals surface area contributed by atoms with Crippen molar-refractivity contribution in [3.05, 3.63) is 48.7 Å². The zero-order valence-corrected chi connectivity index (χ0v) is 17.1. The SMILES string of the molecule is C=C.C=CC(=C(C)C)/C(N)=C\C.CC.CCC.CNC(C)C. The van der Waals surface area contributed by atoms with Crippen LogP contribution in [0.1, 0.15) is 68.7 Å². The molecular weight excluding hydrogens is 268 g/mol. The summed E-state index contributed by atoms with van der Waals surface area (Å²) in [6.45, 7) is 28.1. The molecule has 2 nitrogen and oxygen atoms in total. The second kappa shape index (κ2) is 31.9.